The van der Waals surface area contributed by atoms with Gasteiger partial charge in [0.1, 0.15) is 10.4 Å². The highest BCUT2D eigenvalue weighted by Gasteiger charge is 2.34. The lowest BCUT2D eigenvalue weighted by atomic mass is 10.1. The number of rotatable bonds is 3. The second-order valence-electron chi connectivity index (χ2n) is 4.28. The van der Waals surface area contributed by atoms with Gasteiger partial charge in [-0.1, -0.05) is 0 Å². The minimum atomic E-state index is -3.69. The average Bonchev–Trinajstić information content (AvgIpc) is 2.28. The third kappa shape index (κ3) is 2.46. The first-order chi connectivity index (χ1) is 7.73. The summed E-state index contributed by atoms with van der Waals surface area (Å²) in [6, 6.07) is 3.59. The number of hydrogen-bond donors (Lipinski definition) is 0. The maximum atomic E-state index is 12.3. The van der Waals surface area contributed by atoms with Crippen LogP contribution in [-0.2, 0) is 10.0 Å². The van der Waals surface area contributed by atoms with Crippen molar-refractivity contribution in [2.24, 2.45) is 0 Å². The minimum Gasteiger partial charge on any atom is -0.263 e. The first-order valence-corrected chi connectivity index (χ1v) is 6.48. The van der Waals surface area contributed by atoms with Crippen molar-refractivity contribution in [1.29, 1.82) is 5.26 Å². The molecular weight excluding hydrogens is 238 g/mol. The normalized spacial score (nSPS) is 12.5. The van der Waals surface area contributed by atoms with Gasteiger partial charge in [-0.15, -0.1) is 0 Å². The van der Waals surface area contributed by atoms with Gasteiger partial charge in [0.05, 0.1) is 6.07 Å². The highest BCUT2D eigenvalue weighted by molar-refractivity contribution is 7.89. The molecule has 0 spiro atoms. The second kappa shape index (κ2) is 4.43. The lowest BCUT2D eigenvalue weighted by molar-refractivity contribution is 0.337. The van der Waals surface area contributed by atoms with E-state index in [1.165, 1.54) is 19.4 Å². The Bertz CT molecular complexity index is 558. The number of aromatic nitrogens is 1. The van der Waals surface area contributed by atoms with Crippen LogP contribution in [-0.4, -0.2) is 30.3 Å². The fourth-order valence-corrected chi connectivity index (χ4v) is 2.84. The third-order valence-corrected chi connectivity index (χ3v) is 4.85. The lowest BCUT2D eigenvalue weighted by Crippen LogP contribution is -2.43. The zero-order chi connectivity index (χ0) is 13.3. The van der Waals surface area contributed by atoms with Crippen LogP contribution in [0.25, 0.3) is 0 Å². The standard InChI is InChI=1S/C11H15N3O2S/c1-9-5-6-13-7-10(9)17(15,16)14(4)11(2,3)8-12/h5-7H,1-4H3. The Hall–Kier alpha value is -1.45. The first kappa shape index (κ1) is 13.6. The molecule has 0 atom stereocenters. The molecule has 0 N–H and O–H groups in total. The summed E-state index contributed by atoms with van der Waals surface area (Å²) in [6.07, 6.45) is 2.83. The van der Waals surface area contributed by atoms with Crippen LogP contribution in [0.15, 0.2) is 23.4 Å². The molecule has 92 valence electrons. The summed E-state index contributed by atoms with van der Waals surface area (Å²) in [5.74, 6) is 0. The lowest BCUT2D eigenvalue weighted by Gasteiger charge is -2.28. The van der Waals surface area contributed by atoms with Crippen LogP contribution in [0.5, 0.6) is 0 Å². The minimum absolute atomic E-state index is 0.130. The molecule has 0 aliphatic carbocycles. The maximum Gasteiger partial charge on any atom is 0.246 e. The molecule has 1 aromatic rings. The molecule has 0 aliphatic rings. The molecule has 0 unspecified atom stereocenters. The van der Waals surface area contributed by atoms with Gasteiger partial charge in [-0.05, 0) is 32.4 Å². The summed E-state index contributed by atoms with van der Waals surface area (Å²) in [7, 11) is -2.30. The Kier molecular flexibility index (Phi) is 3.55. The molecule has 0 fully saturated rings. The molecule has 0 amide bonds. The molecule has 1 rings (SSSR count). The van der Waals surface area contributed by atoms with Crippen LogP contribution in [0.1, 0.15) is 19.4 Å². The molecule has 1 aromatic heterocycles. The summed E-state index contributed by atoms with van der Waals surface area (Å²) in [6.45, 7) is 4.80. The van der Waals surface area contributed by atoms with E-state index in [2.05, 4.69) is 4.98 Å². The number of aryl methyl sites for hydroxylation is 1. The number of nitrogens with zero attached hydrogens (tertiary/aromatic N) is 3. The van der Waals surface area contributed by atoms with Gasteiger partial charge in [-0.3, -0.25) is 4.98 Å². The van der Waals surface area contributed by atoms with Crippen molar-refractivity contribution in [1.82, 2.24) is 9.29 Å². The van der Waals surface area contributed by atoms with Gasteiger partial charge in [0.15, 0.2) is 0 Å². The van der Waals surface area contributed by atoms with Crippen molar-refractivity contribution < 1.29 is 8.42 Å². The van der Waals surface area contributed by atoms with Crippen molar-refractivity contribution in [2.75, 3.05) is 7.05 Å². The van der Waals surface area contributed by atoms with E-state index in [0.29, 0.717) is 5.56 Å². The highest BCUT2D eigenvalue weighted by Crippen LogP contribution is 2.23. The van der Waals surface area contributed by atoms with E-state index < -0.39 is 15.6 Å². The van der Waals surface area contributed by atoms with Crippen molar-refractivity contribution in [3.63, 3.8) is 0 Å². The Balaban J connectivity index is 3.33. The van der Waals surface area contributed by atoms with Gasteiger partial charge >= 0.3 is 0 Å². The molecule has 0 aliphatic heterocycles. The van der Waals surface area contributed by atoms with E-state index in [1.54, 1.807) is 26.8 Å². The van der Waals surface area contributed by atoms with E-state index in [1.807, 2.05) is 6.07 Å². The topological polar surface area (TPSA) is 74.1 Å². The Morgan fingerprint density at radius 2 is 2.06 bits per heavy atom. The van der Waals surface area contributed by atoms with Crippen molar-refractivity contribution >= 4 is 10.0 Å². The molecule has 0 radical (unpaired) electrons. The van der Waals surface area contributed by atoms with Crippen molar-refractivity contribution in [2.45, 2.75) is 31.2 Å². The molecule has 17 heavy (non-hydrogen) atoms. The van der Waals surface area contributed by atoms with Crippen molar-refractivity contribution in [3.05, 3.63) is 24.0 Å². The summed E-state index contributed by atoms with van der Waals surface area (Å²) >= 11 is 0. The summed E-state index contributed by atoms with van der Waals surface area (Å²) < 4.78 is 25.6. The first-order valence-electron chi connectivity index (χ1n) is 5.04. The van der Waals surface area contributed by atoms with Gasteiger partial charge in [0.25, 0.3) is 0 Å². The summed E-state index contributed by atoms with van der Waals surface area (Å²) in [5.41, 5.74) is -0.484. The quantitative estimate of drug-likeness (QED) is 0.814. The molecule has 6 heteroatoms. The monoisotopic (exact) mass is 253 g/mol. The maximum absolute atomic E-state index is 12.3. The van der Waals surface area contributed by atoms with Crippen LogP contribution < -0.4 is 0 Å². The van der Waals surface area contributed by atoms with E-state index in [9.17, 15) is 8.42 Å². The smallest absolute Gasteiger partial charge is 0.246 e. The van der Waals surface area contributed by atoms with Crippen LogP contribution in [0.2, 0.25) is 0 Å². The van der Waals surface area contributed by atoms with Crippen LogP contribution in [0, 0.1) is 18.3 Å². The number of hydrogen-bond acceptors (Lipinski definition) is 4. The van der Waals surface area contributed by atoms with Gasteiger partial charge in [0.2, 0.25) is 10.0 Å². The Morgan fingerprint density at radius 1 is 1.47 bits per heavy atom. The fraction of sp³-hybridized carbons (Fsp3) is 0.455. The third-order valence-electron chi connectivity index (χ3n) is 2.69. The summed E-state index contributed by atoms with van der Waals surface area (Å²) in [4.78, 5) is 3.94. The van der Waals surface area contributed by atoms with Crippen LogP contribution in [0.4, 0.5) is 0 Å². The van der Waals surface area contributed by atoms with E-state index >= 15 is 0 Å². The van der Waals surface area contributed by atoms with E-state index in [4.69, 9.17) is 5.26 Å². The molecule has 0 saturated heterocycles. The molecule has 0 aromatic carbocycles. The molecule has 1 heterocycles. The SMILES string of the molecule is Cc1ccncc1S(=O)(=O)N(C)C(C)(C)C#N. The predicted octanol–water partition coefficient (Wildman–Crippen LogP) is 1.31. The van der Waals surface area contributed by atoms with Gasteiger partial charge in [-0.25, -0.2) is 8.42 Å². The summed E-state index contributed by atoms with van der Waals surface area (Å²) in [5, 5.41) is 8.97. The number of nitriles is 1. The number of pyridine rings is 1. The number of sulfonamides is 1. The second-order valence-corrected chi connectivity index (χ2v) is 6.22. The van der Waals surface area contributed by atoms with E-state index in [-0.39, 0.29) is 4.90 Å². The van der Waals surface area contributed by atoms with Gasteiger partial charge in [-0.2, -0.15) is 9.57 Å². The average molecular weight is 253 g/mol. The van der Waals surface area contributed by atoms with Gasteiger partial charge < -0.3 is 0 Å². The Labute approximate surface area is 102 Å². The zero-order valence-electron chi connectivity index (χ0n) is 10.3. The predicted molar refractivity (Wildman–Crippen MR) is 63.6 cm³/mol. The Morgan fingerprint density at radius 3 is 2.53 bits per heavy atom. The highest BCUT2D eigenvalue weighted by atomic mass is 32.2. The van der Waals surface area contributed by atoms with E-state index in [0.717, 1.165) is 4.31 Å². The van der Waals surface area contributed by atoms with Gasteiger partial charge in [0, 0.05) is 19.4 Å². The largest absolute Gasteiger partial charge is 0.263 e. The fourth-order valence-electron chi connectivity index (χ4n) is 1.24. The molecular formula is C11H15N3O2S. The van der Waals surface area contributed by atoms with Crippen LogP contribution >= 0.6 is 0 Å². The molecule has 0 saturated carbocycles. The zero-order valence-corrected chi connectivity index (χ0v) is 11.1. The molecule has 5 nitrogen and oxygen atoms in total. The van der Waals surface area contributed by atoms with Crippen molar-refractivity contribution in [3.8, 4) is 6.07 Å². The molecule has 0 bridgehead atoms. The van der Waals surface area contributed by atoms with Crippen LogP contribution in [0.3, 0.4) is 0 Å².